The lowest BCUT2D eigenvalue weighted by Gasteiger charge is -2.33. The number of fused-ring (bicyclic) bond motifs is 1. The van der Waals surface area contributed by atoms with Gasteiger partial charge in [-0.2, -0.15) is 4.98 Å². The zero-order valence-electron chi connectivity index (χ0n) is 18.1. The van der Waals surface area contributed by atoms with Gasteiger partial charge >= 0.3 is 12.0 Å². The zero-order valence-corrected chi connectivity index (χ0v) is 18.8. The smallest absolute Gasteiger partial charge is 0.336 e. The van der Waals surface area contributed by atoms with Gasteiger partial charge in [-0.3, -0.25) is 0 Å². The molecule has 0 spiro atoms. The number of aromatic amines is 1. The highest BCUT2D eigenvalue weighted by Crippen LogP contribution is 2.34. The van der Waals surface area contributed by atoms with Crippen molar-refractivity contribution in [3.05, 3.63) is 76.3 Å². The van der Waals surface area contributed by atoms with E-state index in [0.717, 1.165) is 31.7 Å². The summed E-state index contributed by atoms with van der Waals surface area (Å²) in [4.78, 5) is 25.8. The van der Waals surface area contributed by atoms with Crippen molar-refractivity contribution in [2.75, 3.05) is 18.0 Å². The number of ether oxygens (including phenoxy) is 1. The van der Waals surface area contributed by atoms with E-state index >= 15 is 0 Å². The summed E-state index contributed by atoms with van der Waals surface area (Å²) in [5.74, 6) is 0.640. The number of aryl methyl sites for hydroxylation is 1. The van der Waals surface area contributed by atoms with E-state index in [1.54, 1.807) is 25.1 Å². The zero-order chi connectivity index (χ0) is 22.9. The number of nitrogens with zero attached hydrogens (tertiary/aromatic N) is 3. The number of imidazole rings is 1. The largest absolute Gasteiger partial charge is 0.478 e. The number of piperidine rings is 1. The van der Waals surface area contributed by atoms with Crippen LogP contribution in [0.4, 0.5) is 5.82 Å². The van der Waals surface area contributed by atoms with E-state index in [9.17, 15) is 9.90 Å². The number of rotatable bonds is 5. The first kappa shape index (κ1) is 21.3. The number of carbonyl (C=O) groups is 1. The average molecular weight is 463 g/mol. The summed E-state index contributed by atoms with van der Waals surface area (Å²) in [7, 11) is 0. The van der Waals surface area contributed by atoms with Crippen molar-refractivity contribution >= 4 is 34.6 Å². The fraction of sp³-hybridized carbons (Fsp3) is 0.240. The van der Waals surface area contributed by atoms with Crippen LogP contribution in [-0.2, 0) is 0 Å². The summed E-state index contributed by atoms with van der Waals surface area (Å²) < 4.78 is 5.77. The van der Waals surface area contributed by atoms with Crippen LogP contribution in [0.1, 0.15) is 40.2 Å². The molecule has 1 saturated heterocycles. The Labute approximate surface area is 196 Å². The van der Waals surface area contributed by atoms with Gasteiger partial charge in [-0.15, -0.1) is 0 Å². The molecule has 0 unspecified atom stereocenters. The Bertz CT molecular complexity index is 1310. The number of carboxylic acids is 1. The van der Waals surface area contributed by atoms with E-state index in [1.807, 2.05) is 6.07 Å². The fourth-order valence-electron chi connectivity index (χ4n) is 4.31. The Morgan fingerprint density at radius 1 is 1.12 bits per heavy atom. The van der Waals surface area contributed by atoms with Crippen molar-refractivity contribution in [3.8, 4) is 11.8 Å². The molecule has 0 amide bonds. The minimum absolute atomic E-state index is 0.186. The monoisotopic (exact) mass is 462 g/mol. The maximum atomic E-state index is 11.4. The van der Waals surface area contributed by atoms with Crippen LogP contribution in [-0.4, -0.2) is 39.1 Å². The Hall–Kier alpha value is -3.58. The van der Waals surface area contributed by atoms with Crippen molar-refractivity contribution in [2.45, 2.75) is 25.7 Å². The molecule has 2 aromatic carbocycles. The Balaban J connectivity index is 1.34. The molecule has 8 heteroatoms. The third-order valence-electron chi connectivity index (χ3n) is 6.11. The Morgan fingerprint density at radius 3 is 2.61 bits per heavy atom. The fourth-order valence-corrected chi connectivity index (χ4v) is 4.58. The maximum absolute atomic E-state index is 11.4. The number of nitrogens with one attached hydrogen (secondary N) is 1. The molecule has 0 aliphatic carbocycles. The molecular formula is C25H23ClN4O3. The van der Waals surface area contributed by atoms with Crippen molar-refractivity contribution in [3.63, 3.8) is 0 Å². The molecule has 0 radical (unpaired) electrons. The van der Waals surface area contributed by atoms with Gasteiger partial charge in [-0.05, 0) is 55.0 Å². The summed E-state index contributed by atoms with van der Waals surface area (Å²) in [5, 5.41) is 9.88. The van der Waals surface area contributed by atoms with Gasteiger partial charge in [-0.25, -0.2) is 9.78 Å². The number of aromatic nitrogens is 3. The SMILES string of the molecule is Cc1ccc(Oc2nc3nc(N4CCC(c5ccccc5)CC4)c(Cl)cc3[nH]2)cc1C(=O)O. The van der Waals surface area contributed by atoms with Crippen LogP contribution in [0.25, 0.3) is 11.2 Å². The van der Waals surface area contributed by atoms with Gasteiger partial charge in [0, 0.05) is 13.1 Å². The van der Waals surface area contributed by atoms with Crippen LogP contribution in [0.5, 0.6) is 11.8 Å². The number of halogens is 1. The van der Waals surface area contributed by atoms with Gasteiger partial charge in [0.2, 0.25) is 0 Å². The molecule has 2 N–H and O–H groups in total. The molecule has 168 valence electrons. The van der Waals surface area contributed by atoms with Crippen molar-refractivity contribution in [1.82, 2.24) is 15.0 Å². The minimum Gasteiger partial charge on any atom is -0.478 e. The summed E-state index contributed by atoms with van der Waals surface area (Å²) in [6.07, 6.45) is 2.07. The molecule has 2 aromatic heterocycles. The standard InChI is InChI=1S/C25H23ClN4O3/c1-15-7-8-18(13-19(15)24(31)32)33-25-27-21-14-20(26)23(28-22(21)29-25)30-11-9-17(10-12-30)16-5-3-2-4-6-16/h2-8,13-14,17H,9-12H2,1H3,(H,31,32)(H,27,28,29). The highest BCUT2D eigenvalue weighted by atomic mass is 35.5. The van der Waals surface area contributed by atoms with Crippen LogP contribution in [0.3, 0.4) is 0 Å². The quantitative estimate of drug-likeness (QED) is 0.389. The van der Waals surface area contributed by atoms with Gasteiger partial charge in [0.15, 0.2) is 5.65 Å². The Morgan fingerprint density at radius 2 is 1.88 bits per heavy atom. The number of pyridine rings is 1. The van der Waals surface area contributed by atoms with E-state index in [4.69, 9.17) is 21.3 Å². The lowest BCUT2D eigenvalue weighted by Crippen LogP contribution is -2.33. The van der Waals surface area contributed by atoms with Crippen molar-refractivity contribution in [1.29, 1.82) is 0 Å². The van der Waals surface area contributed by atoms with Gasteiger partial charge in [-0.1, -0.05) is 48.0 Å². The second kappa shape index (κ2) is 8.75. The average Bonchev–Trinajstić information content (AvgIpc) is 3.21. The molecule has 7 nitrogen and oxygen atoms in total. The molecule has 1 fully saturated rings. The number of H-pyrrole nitrogens is 1. The van der Waals surface area contributed by atoms with Gasteiger partial charge in [0.25, 0.3) is 0 Å². The maximum Gasteiger partial charge on any atom is 0.336 e. The third-order valence-corrected chi connectivity index (χ3v) is 6.38. The highest BCUT2D eigenvalue weighted by Gasteiger charge is 2.24. The number of carboxylic acid groups (broad SMARTS) is 1. The number of benzene rings is 2. The minimum atomic E-state index is -1.00. The Kier molecular flexibility index (Phi) is 5.64. The van der Waals surface area contributed by atoms with Gasteiger partial charge < -0.3 is 19.7 Å². The van der Waals surface area contributed by atoms with Crippen molar-refractivity contribution in [2.24, 2.45) is 0 Å². The van der Waals surface area contributed by atoms with Crippen molar-refractivity contribution < 1.29 is 14.6 Å². The van der Waals surface area contributed by atoms with Crippen LogP contribution < -0.4 is 9.64 Å². The second-order valence-corrected chi connectivity index (χ2v) is 8.67. The lowest BCUT2D eigenvalue weighted by atomic mass is 9.89. The summed E-state index contributed by atoms with van der Waals surface area (Å²) in [6.45, 7) is 3.48. The predicted molar refractivity (Wildman–Crippen MR) is 128 cm³/mol. The highest BCUT2D eigenvalue weighted by molar-refractivity contribution is 6.33. The topological polar surface area (TPSA) is 91.3 Å². The summed E-state index contributed by atoms with van der Waals surface area (Å²) >= 11 is 6.57. The van der Waals surface area contributed by atoms with Crippen LogP contribution >= 0.6 is 11.6 Å². The predicted octanol–water partition coefficient (Wildman–Crippen LogP) is 5.79. The third kappa shape index (κ3) is 4.36. The molecule has 0 saturated carbocycles. The van der Waals surface area contributed by atoms with Gasteiger partial charge in [0.05, 0.1) is 16.1 Å². The van der Waals surface area contributed by atoms with Gasteiger partial charge in [0.1, 0.15) is 11.6 Å². The molecule has 33 heavy (non-hydrogen) atoms. The molecule has 0 bridgehead atoms. The second-order valence-electron chi connectivity index (χ2n) is 8.26. The molecule has 4 aromatic rings. The van der Waals surface area contributed by atoms with E-state index in [2.05, 4.69) is 39.1 Å². The van der Waals surface area contributed by atoms with E-state index in [0.29, 0.717) is 33.4 Å². The van der Waals surface area contributed by atoms with Crippen LogP contribution in [0.2, 0.25) is 5.02 Å². The molecule has 1 aliphatic heterocycles. The van der Waals surface area contributed by atoms with Crippen LogP contribution in [0, 0.1) is 6.92 Å². The lowest BCUT2D eigenvalue weighted by molar-refractivity contribution is 0.0695. The van der Waals surface area contributed by atoms with Crippen LogP contribution in [0.15, 0.2) is 54.6 Å². The first-order valence-corrected chi connectivity index (χ1v) is 11.2. The summed E-state index contributed by atoms with van der Waals surface area (Å²) in [6, 6.07) is 17.5. The first-order chi connectivity index (χ1) is 16.0. The molecular weight excluding hydrogens is 440 g/mol. The molecule has 0 atom stereocenters. The number of anilines is 1. The van der Waals surface area contributed by atoms with E-state index in [1.165, 1.54) is 11.6 Å². The number of hydrogen-bond acceptors (Lipinski definition) is 5. The summed E-state index contributed by atoms with van der Waals surface area (Å²) in [5.41, 5.74) is 3.38. The number of aromatic carboxylic acids is 1. The molecule has 5 rings (SSSR count). The molecule has 3 heterocycles. The van der Waals surface area contributed by atoms with E-state index in [-0.39, 0.29) is 11.6 Å². The van der Waals surface area contributed by atoms with E-state index < -0.39 is 5.97 Å². The number of hydrogen-bond donors (Lipinski definition) is 2. The molecule has 1 aliphatic rings. The first-order valence-electron chi connectivity index (χ1n) is 10.9. The normalized spacial score (nSPS) is 14.5.